The number of pyridine rings is 1. The fourth-order valence-corrected chi connectivity index (χ4v) is 4.15. The molecule has 1 aliphatic rings. The van der Waals surface area contributed by atoms with Gasteiger partial charge >= 0.3 is 0 Å². The van der Waals surface area contributed by atoms with Crippen molar-refractivity contribution in [3.63, 3.8) is 0 Å². The highest BCUT2D eigenvalue weighted by Crippen LogP contribution is 2.39. The molecular weight excluding hydrogens is 328 g/mol. The zero-order valence-corrected chi connectivity index (χ0v) is 13.7. The van der Waals surface area contributed by atoms with E-state index in [0.717, 1.165) is 31.5 Å². The van der Waals surface area contributed by atoms with E-state index in [4.69, 9.17) is 11.6 Å². The molecule has 0 spiro atoms. The van der Waals surface area contributed by atoms with Gasteiger partial charge in [0.25, 0.3) is 5.91 Å². The third kappa shape index (κ3) is 2.64. The van der Waals surface area contributed by atoms with Crippen molar-refractivity contribution < 1.29 is 4.79 Å². The monoisotopic (exact) mass is 340 g/mol. The quantitative estimate of drug-likeness (QED) is 0.754. The Hall–Kier alpha value is -2.17. The number of benzene rings is 1. The summed E-state index contributed by atoms with van der Waals surface area (Å²) in [5.41, 5.74) is 3.34. The molecule has 0 radical (unpaired) electrons. The summed E-state index contributed by atoms with van der Waals surface area (Å²) in [4.78, 5) is 18.2. The van der Waals surface area contributed by atoms with Crippen LogP contribution in [0.15, 0.2) is 54.9 Å². The van der Waals surface area contributed by atoms with Crippen LogP contribution in [-0.2, 0) is 0 Å². The Morgan fingerprint density at radius 2 is 1.87 bits per heavy atom. The minimum Gasteiger partial charge on any atom is -0.350 e. The van der Waals surface area contributed by atoms with Crippen molar-refractivity contribution in [2.45, 2.75) is 5.92 Å². The topological polar surface area (TPSA) is 42.0 Å². The van der Waals surface area contributed by atoms with Crippen LogP contribution in [0.4, 0.5) is 0 Å². The lowest BCUT2D eigenvalue weighted by Gasteiger charge is -2.23. The van der Waals surface area contributed by atoms with Gasteiger partial charge in [-0.25, -0.2) is 0 Å². The molecule has 0 saturated heterocycles. The smallest absolute Gasteiger partial charge is 0.261 e. The maximum Gasteiger partial charge on any atom is 0.261 e. The molecule has 5 heteroatoms. The normalized spacial score (nSPS) is 16.7. The number of aromatic nitrogens is 1. The van der Waals surface area contributed by atoms with E-state index in [2.05, 4.69) is 16.4 Å². The lowest BCUT2D eigenvalue weighted by atomic mass is 9.89. The molecule has 0 fully saturated rings. The summed E-state index contributed by atoms with van der Waals surface area (Å²) in [6.45, 7) is 0.611. The van der Waals surface area contributed by atoms with E-state index >= 15 is 0 Å². The number of halogens is 1. The number of hydrogen-bond acceptors (Lipinski definition) is 3. The first-order chi connectivity index (χ1) is 11.2. The van der Waals surface area contributed by atoms with Crippen LogP contribution in [-0.4, -0.2) is 17.4 Å². The number of amides is 1. The SMILES string of the molecule is O=C1NCC(c2ccc(Cl)cc2)c2cc(-c3ccncc3)sc21. The van der Waals surface area contributed by atoms with Crippen LogP contribution in [0, 0.1) is 0 Å². The lowest BCUT2D eigenvalue weighted by molar-refractivity contribution is 0.0947. The van der Waals surface area contributed by atoms with Crippen LogP contribution in [0.3, 0.4) is 0 Å². The molecule has 3 nitrogen and oxygen atoms in total. The summed E-state index contributed by atoms with van der Waals surface area (Å²) in [5.74, 6) is 0.169. The summed E-state index contributed by atoms with van der Waals surface area (Å²) in [5, 5.41) is 3.71. The molecule has 23 heavy (non-hydrogen) atoms. The molecule has 3 aromatic rings. The van der Waals surface area contributed by atoms with E-state index in [0.29, 0.717) is 6.54 Å². The Labute approximate surface area is 143 Å². The average molecular weight is 341 g/mol. The van der Waals surface area contributed by atoms with E-state index in [1.807, 2.05) is 36.4 Å². The van der Waals surface area contributed by atoms with E-state index in [9.17, 15) is 4.79 Å². The van der Waals surface area contributed by atoms with Crippen molar-refractivity contribution in [3.8, 4) is 10.4 Å². The Bertz CT molecular complexity index is 858. The van der Waals surface area contributed by atoms with Gasteiger partial charge in [-0.3, -0.25) is 9.78 Å². The predicted molar refractivity (Wildman–Crippen MR) is 93.2 cm³/mol. The van der Waals surface area contributed by atoms with Gasteiger partial charge in [-0.1, -0.05) is 23.7 Å². The van der Waals surface area contributed by atoms with Crippen LogP contribution < -0.4 is 5.32 Å². The molecule has 0 saturated carbocycles. The van der Waals surface area contributed by atoms with Crippen LogP contribution in [0.1, 0.15) is 26.7 Å². The fourth-order valence-electron chi connectivity index (χ4n) is 2.88. The number of nitrogens with one attached hydrogen (secondary N) is 1. The van der Waals surface area contributed by atoms with E-state index in [1.54, 1.807) is 12.4 Å². The second kappa shape index (κ2) is 5.80. The first-order valence-electron chi connectivity index (χ1n) is 7.30. The third-order valence-corrected chi connectivity index (χ3v) is 5.50. The van der Waals surface area contributed by atoms with Crippen molar-refractivity contribution in [1.82, 2.24) is 10.3 Å². The summed E-state index contributed by atoms with van der Waals surface area (Å²) in [6, 6.07) is 13.9. The van der Waals surface area contributed by atoms with Gasteiger partial charge in [0.2, 0.25) is 0 Å². The second-order valence-electron chi connectivity index (χ2n) is 5.45. The summed E-state index contributed by atoms with van der Waals surface area (Å²) >= 11 is 7.52. The van der Waals surface area contributed by atoms with Crippen molar-refractivity contribution in [2.75, 3.05) is 6.54 Å². The van der Waals surface area contributed by atoms with Crippen LogP contribution in [0.25, 0.3) is 10.4 Å². The van der Waals surface area contributed by atoms with E-state index in [-0.39, 0.29) is 11.8 Å². The molecule has 1 atom stereocenters. The second-order valence-corrected chi connectivity index (χ2v) is 6.93. The minimum absolute atomic E-state index is 0.00974. The van der Waals surface area contributed by atoms with E-state index < -0.39 is 0 Å². The average Bonchev–Trinajstić information content (AvgIpc) is 3.03. The van der Waals surface area contributed by atoms with Gasteiger partial charge in [0, 0.05) is 34.8 Å². The van der Waals surface area contributed by atoms with Crippen LogP contribution >= 0.6 is 22.9 Å². The Morgan fingerprint density at radius 1 is 1.13 bits per heavy atom. The maximum atomic E-state index is 12.2. The van der Waals surface area contributed by atoms with Gasteiger partial charge in [-0.05, 0) is 47.0 Å². The van der Waals surface area contributed by atoms with Gasteiger partial charge in [0.05, 0.1) is 4.88 Å². The minimum atomic E-state index is 0.00974. The maximum absolute atomic E-state index is 12.2. The largest absolute Gasteiger partial charge is 0.350 e. The van der Waals surface area contributed by atoms with Crippen molar-refractivity contribution in [2.24, 2.45) is 0 Å². The molecule has 3 heterocycles. The number of thiophene rings is 1. The highest BCUT2D eigenvalue weighted by Gasteiger charge is 2.29. The van der Waals surface area contributed by atoms with Gasteiger partial charge in [-0.15, -0.1) is 11.3 Å². The number of fused-ring (bicyclic) bond motifs is 1. The van der Waals surface area contributed by atoms with Crippen LogP contribution in [0.2, 0.25) is 5.02 Å². The zero-order chi connectivity index (χ0) is 15.8. The third-order valence-electron chi connectivity index (χ3n) is 4.05. The molecule has 1 unspecified atom stereocenters. The Morgan fingerprint density at radius 3 is 2.61 bits per heavy atom. The molecule has 2 aromatic heterocycles. The highest BCUT2D eigenvalue weighted by molar-refractivity contribution is 7.17. The highest BCUT2D eigenvalue weighted by atomic mass is 35.5. The Kier molecular flexibility index (Phi) is 3.63. The summed E-state index contributed by atoms with van der Waals surface area (Å²) in [6.07, 6.45) is 3.54. The molecule has 1 aromatic carbocycles. The van der Waals surface area contributed by atoms with Gasteiger partial charge in [0.15, 0.2) is 0 Å². The van der Waals surface area contributed by atoms with Crippen molar-refractivity contribution in [1.29, 1.82) is 0 Å². The van der Waals surface area contributed by atoms with Crippen molar-refractivity contribution >= 4 is 28.8 Å². The molecule has 4 rings (SSSR count). The van der Waals surface area contributed by atoms with Crippen LogP contribution in [0.5, 0.6) is 0 Å². The fraction of sp³-hybridized carbons (Fsp3) is 0.111. The number of rotatable bonds is 2. The predicted octanol–water partition coefficient (Wildman–Crippen LogP) is 4.34. The standard InChI is InChI=1S/C18H13ClN2OS/c19-13-3-1-11(2-4-13)15-10-21-18(22)17-14(15)9-16(23-17)12-5-7-20-8-6-12/h1-9,15H,10H2,(H,21,22). The first kappa shape index (κ1) is 14.4. The Balaban J connectivity index is 1.80. The summed E-state index contributed by atoms with van der Waals surface area (Å²) in [7, 11) is 0. The molecule has 0 aliphatic carbocycles. The molecule has 1 N–H and O–H groups in total. The van der Waals surface area contributed by atoms with Gasteiger partial charge < -0.3 is 5.32 Å². The first-order valence-corrected chi connectivity index (χ1v) is 8.49. The molecule has 1 aliphatic heterocycles. The van der Waals surface area contributed by atoms with Crippen molar-refractivity contribution in [3.05, 3.63) is 75.9 Å². The number of nitrogens with zero attached hydrogens (tertiary/aromatic N) is 1. The molecule has 0 bridgehead atoms. The molecule has 114 valence electrons. The van der Waals surface area contributed by atoms with Gasteiger partial charge in [-0.2, -0.15) is 0 Å². The lowest BCUT2D eigenvalue weighted by Crippen LogP contribution is -2.34. The number of hydrogen-bond donors (Lipinski definition) is 1. The molecule has 1 amide bonds. The summed E-state index contributed by atoms with van der Waals surface area (Å²) < 4.78 is 0. The zero-order valence-electron chi connectivity index (χ0n) is 12.1. The molecular formula is C18H13ClN2OS. The van der Waals surface area contributed by atoms with E-state index in [1.165, 1.54) is 11.3 Å². The number of carbonyl (C=O) groups is 1. The number of carbonyl (C=O) groups excluding carboxylic acids is 1. The van der Waals surface area contributed by atoms with Gasteiger partial charge in [0.1, 0.15) is 0 Å².